The zero-order valence-electron chi connectivity index (χ0n) is 12.3. The van der Waals surface area contributed by atoms with Crippen molar-refractivity contribution < 1.29 is 4.74 Å². The molecule has 0 aliphatic rings. The van der Waals surface area contributed by atoms with Crippen LogP contribution >= 0.6 is 0 Å². The Labute approximate surface area is 119 Å². The van der Waals surface area contributed by atoms with Crippen LogP contribution in [0, 0.1) is 0 Å². The number of aromatic nitrogens is 2. The average Bonchev–Trinajstić information content (AvgIpc) is 2.46. The Kier molecular flexibility index (Phi) is 3.90. The van der Waals surface area contributed by atoms with Gasteiger partial charge in [0.05, 0.1) is 12.8 Å². The number of hydrogen-bond donors (Lipinski definition) is 2. The minimum Gasteiger partial charge on any atom is -0.497 e. The number of nitrogen functional groups attached to an aromatic ring is 1. The molecule has 0 saturated carbocycles. The molecule has 0 amide bonds. The molecular formula is C15H20N4O. The number of benzene rings is 1. The van der Waals surface area contributed by atoms with E-state index in [9.17, 15) is 0 Å². The topological polar surface area (TPSA) is 73.1 Å². The molecule has 0 saturated heterocycles. The Hall–Kier alpha value is -2.14. The fourth-order valence-corrected chi connectivity index (χ4v) is 1.77. The Morgan fingerprint density at radius 3 is 2.25 bits per heavy atom. The predicted molar refractivity (Wildman–Crippen MR) is 80.5 cm³/mol. The smallest absolute Gasteiger partial charge is 0.161 e. The summed E-state index contributed by atoms with van der Waals surface area (Å²) in [6.45, 7) is 6.31. The summed E-state index contributed by atoms with van der Waals surface area (Å²) in [7, 11) is 1.64. The van der Waals surface area contributed by atoms with Gasteiger partial charge in [0.2, 0.25) is 0 Å². The number of anilines is 1. The summed E-state index contributed by atoms with van der Waals surface area (Å²) >= 11 is 0. The number of rotatable bonds is 3. The number of nitrogens with two attached hydrogens (primary N) is 1. The third-order valence-corrected chi connectivity index (χ3v) is 2.99. The molecule has 2 rings (SSSR count). The lowest BCUT2D eigenvalue weighted by Crippen LogP contribution is -2.17. The summed E-state index contributed by atoms with van der Waals surface area (Å²) in [5.41, 5.74) is 4.38. The third-order valence-electron chi connectivity index (χ3n) is 2.99. The third kappa shape index (κ3) is 3.05. The van der Waals surface area contributed by atoms with Gasteiger partial charge in [-0.15, -0.1) is 0 Å². The zero-order chi connectivity index (χ0) is 14.8. The highest BCUT2D eigenvalue weighted by atomic mass is 16.5. The van der Waals surface area contributed by atoms with Gasteiger partial charge in [-0.2, -0.15) is 0 Å². The zero-order valence-corrected chi connectivity index (χ0v) is 12.3. The van der Waals surface area contributed by atoms with Crippen LogP contribution in [0.2, 0.25) is 0 Å². The maximum absolute atomic E-state index is 5.49. The van der Waals surface area contributed by atoms with Crippen molar-refractivity contribution in [3.05, 3.63) is 36.0 Å². The van der Waals surface area contributed by atoms with Crippen LogP contribution in [0.1, 0.15) is 26.5 Å². The van der Waals surface area contributed by atoms with E-state index in [-0.39, 0.29) is 5.41 Å². The van der Waals surface area contributed by atoms with Gasteiger partial charge < -0.3 is 10.2 Å². The summed E-state index contributed by atoms with van der Waals surface area (Å²) in [6, 6.07) is 9.50. The van der Waals surface area contributed by atoms with Crippen molar-refractivity contribution in [2.24, 2.45) is 5.84 Å². The van der Waals surface area contributed by atoms with Gasteiger partial charge in [-0.1, -0.05) is 20.8 Å². The number of nitrogens with zero attached hydrogens (tertiary/aromatic N) is 2. The second-order valence-electron chi connectivity index (χ2n) is 5.58. The van der Waals surface area contributed by atoms with Crippen LogP contribution in [0.4, 0.5) is 5.82 Å². The molecule has 0 spiro atoms. The predicted octanol–water partition coefficient (Wildman–Crippen LogP) is 2.74. The summed E-state index contributed by atoms with van der Waals surface area (Å²) in [4.78, 5) is 9.03. The maximum atomic E-state index is 5.49. The van der Waals surface area contributed by atoms with E-state index in [4.69, 9.17) is 10.6 Å². The molecule has 1 heterocycles. The maximum Gasteiger partial charge on any atom is 0.161 e. The molecule has 3 N–H and O–H groups in total. The summed E-state index contributed by atoms with van der Waals surface area (Å²) in [5, 5.41) is 0. The van der Waals surface area contributed by atoms with Gasteiger partial charge in [-0.25, -0.2) is 15.8 Å². The first-order valence-corrected chi connectivity index (χ1v) is 6.44. The highest BCUT2D eigenvalue weighted by molar-refractivity contribution is 5.59. The molecule has 0 atom stereocenters. The van der Waals surface area contributed by atoms with Gasteiger partial charge in [-0.3, -0.25) is 0 Å². The molecule has 5 heteroatoms. The van der Waals surface area contributed by atoms with Gasteiger partial charge in [-0.05, 0) is 24.3 Å². The molecule has 0 aliphatic carbocycles. The monoisotopic (exact) mass is 272 g/mol. The standard InChI is InChI=1S/C15H20N4O/c1-15(2,3)12-9-13(19-16)18-14(17-12)10-5-7-11(20-4)8-6-10/h5-9H,16H2,1-4H3,(H,17,18,19). The highest BCUT2D eigenvalue weighted by Crippen LogP contribution is 2.26. The van der Waals surface area contributed by atoms with Gasteiger partial charge in [0.25, 0.3) is 0 Å². The van der Waals surface area contributed by atoms with Crippen molar-refractivity contribution in [1.82, 2.24) is 9.97 Å². The lowest BCUT2D eigenvalue weighted by Gasteiger charge is -2.19. The van der Waals surface area contributed by atoms with Gasteiger partial charge in [0.1, 0.15) is 11.6 Å². The molecule has 20 heavy (non-hydrogen) atoms. The number of methoxy groups -OCH3 is 1. The molecule has 0 aliphatic heterocycles. The van der Waals surface area contributed by atoms with Crippen molar-refractivity contribution in [2.75, 3.05) is 12.5 Å². The highest BCUT2D eigenvalue weighted by Gasteiger charge is 2.18. The molecule has 0 fully saturated rings. The first-order chi connectivity index (χ1) is 9.44. The lowest BCUT2D eigenvalue weighted by atomic mass is 9.92. The van der Waals surface area contributed by atoms with Crippen LogP contribution in [0.3, 0.4) is 0 Å². The average molecular weight is 272 g/mol. The molecule has 2 aromatic rings. The number of hydrazine groups is 1. The second kappa shape index (κ2) is 5.46. The van der Waals surface area contributed by atoms with Gasteiger partial charge >= 0.3 is 0 Å². The van der Waals surface area contributed by atoms with Gasteiger partial charge in [0.15, 0.2) is 5.82 Å². The first kappa shape index (κ1) is 14.3. The van der Waals surface area contributed by atoms with E-state index in [1.165, 1.54) is 0 Å². The normalized spacial score (nSPS) is 11.2. The number of hydrogen-bond acceptors (Lipinski definition) is 5. The van der Waals surface area contributed by atoms with Gasteiger partial charge in [0, 0.05) is 17.0 Å². The molecule has 1 aromatic carbocycles. The Morgan fingerprint density at radius 1 is 1.10 bits per heavy atom. The molecule has 5 nitrogen and oxygen atoms in total. The van der Waals surface area contributed by atoms with Crippen LogP contribution in [0.25, 0.3) is 11.4 Å². The van der Waals surface area contributed by atoms with Crippen molar-refractivity contribution >= 4 is 5.82 Å². The quantitative estimate of drug-likeness (QED) is 0.664. The number of nitrogens with one attached hydrogen (secondary N) is 1. The first-order valence-electron chi connectivity index (χ1n) is 6.44. The molecule has 106 valence electrons. The van der Waals surface area contributed by atoms with E-state index in [0.717, 1.165) is 17.0 Å². The minimum atomic E-state index is -0.0737. The van der Waals surface area contributed by atoms with Crippen molar-refractivity contribution in [3.63, 3.8) is 0 Å². The van der Waals surface area contributed by atoms with Crippen LogP contribution < -0.4 is 16.0 Å². The van der Waals surface area contributed by atoms with Crippen molar-refractivity contribution in [2.45, 2.75) is 26.2 Å². The van der Waals surface area contributed by atoms with Crippen molar-refractivity contribution in [1.29, 1.82) is 0 Å². The molecule has 0 bridgehead atoms. The summed E-state index contributed by atoms with van der Waals surface area (Å²) in [6.07, 6.45) is 0. The Bertz CT molecular complexity index is 588. The van der Waals surface area contributed by atoms with Crippen LogP contribution in [-0.4, -0.2) is 17.1 Å². The van der Waals surface area contributed by atoms with E-state index in [0.29, 0.717) is 11.6 Å². The SMILES string of the molecule is COc1ccc(-c2nc(NN)cc(C(C)(C)C)n2)cc1. The van der Waals surface area contributed by atoms with E-state index in [1.54, 1.807) is 7.11 Å². The van der Waals surface area contributed by atoms with E-state index in [2.05, 4.69) is 36.2 Å². The Morgan fingerprint density at radius 2 is 1.75 bits per heavy atom. The molecule has 1 aromatic heterocycles. The molecular weight excluding hydrogens is 252 g/mol. The molecule has 0 unspecified atom stereocenters. The minimum absolute atomic E-state index is 0.0737. The van der Waals surface area contributed by atoms with E-state index >= 15 is 0 Å². The van der Waals surface area contributed by atoms with Crippen LogP contribution in [0.5, 0.6) is 5.75 Å². The fourth-order valence-electron chi connectivity index (χ4n) is 1.77. The van der Waals surface area contributed by atoms with Crippen LogP contribution in [-0.2, 0) is 5.41 Å². The summed E-state index contributed by atoms with van der Waals surface area (Å²) < 4.78 is 5.15. The van der Waals surface area contributed by atoms with Crippen LogP contribution in [0.15, 0.2) is 30.3 Å². The molecule has 0 radical (unpaired) electrons. The second-order valence-corrected chi connectivity index (χ2v) is 5.58. The summed E-state index contributed by atoms with van der Waals surface area (Å²) in [5.74, 6) is 7.55. The van der Waals surface area contributed by atoms with E-state index in [1.807, 2.05) is 30.3 Å². The largest absolute Gasteiger partial charge is 0.497 e. The Balaban J connectivity index is 2.49. The van der Waals surface area contributed by atoms with E-state index < -0.39 is 0 Å². The number of ether oxygens (including phenoxy) is 1. The van der Waals surface area contributed by atoms with Crippen molar-refractivity contribution in [3.8, 4) is 17.1 Å². The fraction of sp³-hybridized carbons (Fsp3) is 0.333. The lowest BCUT2D eigenvalue weighted by molar-refractivity contribution is 0.415.